The molecule has 0 atom stereocenters. The van der Waals surface area contributed by atoms with E-state index in [9.17, 15) is 4.79 Å². The molecule has 0 spiro atoms. The molecular weight excluding hydrogens is 386 g/mol. The van der Waals surface area contributed by atoms with Crippen LogP contribution in [-0.2, 0) is 4.79 Å². The van der Waals surface area contributed by atoms with E-state index in [0.717, 1.165) is 26.8 Å². The van der Waals surface area contributed by atoms with Crippen molar-refractivity contribution in [2.24, 2.45) is 0 Å². The van der Waals surface area contributed by atoms with Crippen molar-refractivity contribution >= 4 is 62.4 Å². The lowest BCUT2D eigenvalue weighted by atomic mass is 10.2. The number of carbonyl (C=O) groups is 1. The summed E-state index contributed by atoms with van der Waals surface area (Å²) >= 11 is 3.18. The number of amides is 1. The van der Waals surface area contributed by atoms with E-state index < -0.39 is 0 Å². The maximum atomic E-state index is 12.8. The third-order valence-corrected chi connectivity index (χ3v) is 5.61. The van der Waals surface area contributed by atoms with Crippen LogP contribution in [0.15, 0.2) is 41.8 Å². The molecule has 4 nitrogen and oxygen atoms in total. The van der Waals surface area contributed by atoms with Gasteiger partial charge in [-0.3, -0.25) is 9.69 Å². The summed E-state index contributed by atoms with van der Waals surface area (Å²) in [5.41, 5.74) is 2.14. The predicted molar refractivity (Wildman–Crippen MR) is 116 cm³/mol. The molecule has 138 valence electrons. The van der Waals surface area contributed by atoms with Gasteiger partial charge in [-0.05, 0) is 56.2 Å². The lowest BCUT2D eigenvalue weighted by molar-refractivity contribution is -0.114. The Balaban J connectivity index is 0.00000243. The number of hydrogen-bond acceptors (Lipinski definition) is 5. The molecule has 1 aromatic carbocycles. The summed E-state index contributed by atoms with van der Waals surface area (Å²) in [7, 11) is 4.01. The zero-order valence-corrected chi connectivity index (χ0v) is 17.5. The number of benzene rings is 1. The molecule has 1 amide bonds. The molecule has 0 aliphatic rings. The SMILES string of the molecule is Cc1ccc2nc(N(CCN(C)C)C(=O)/C=C/c3cccs3)sc2c1.Cl. The first-order chi connectivity index (χ1) is 12.0. The number of aryl methyl sites for hydroxylation is 1. The van der Waals surface area contributed by atoms with Crippen molar-refractivity contribution in [3.63, 3.8) is 0 Å². The van der Waals surface area contributed by atoms with E-state index in [2.05, 4.69) is 28.9 Å². The topological polar surface area (TPSA) is 36.4 Å². The normalized spacial score (nSPS) is 11.2. The van der Waals surface area contributed by atoms with Gasteiger partial charge in [0, 0.05) is 24.0 Å². The van der Waals surface area contributed by atoms with E-state index in [-0.39, 0.29) is 18.3 Å². The van der Waals surface area contributed by atoms with E-state index in [1.165, 1.54) is 5.56 Å². The highest BCUT2D eigenvalue weighted by Crippen LogP contribution is 2.29. The smallest absolute Gasteiger partial charge is 0.252 e. The number of anilines is 1. The molecule has 0 saturated carbocycles. The Morgan fingerprint density at radius 1 is 1.23 bits per heavy atom. The predicted octanol–water partition coefficient (Wildman–Crippen LogP) is 4.70. The maximum Gasteiger partial charge on any atom is 0.252 e. The quantitative estimate of drug-likeness (QED) is 0.556. The van der Waals surface area contributed by atoms with Crippen LogP contribution in [0.3, 0.4) is 0 Å². The van der Waals surface area contributed by atoms with Crippen molar-refractivity contribution in [3.05, 3.63) is 52.2 Å². The molecule has 3 aromatic rings. The Labute approximate surface area is 168 Å². The third-order valence-electron chi connectivity index (χ3n) is 3.73. The Hall–Kier alpha value is -1.73. The van der Waals surface area contributed by atoms with Crippen LogP contribution in [0.25, 0.3) is 16.3 Å². The molecule has 0 unspecified atom stereocenters. The van der Waals surface area contributed by atoms with E-state index in [1.54, 1.807) is 33.6 Å². The number of halogens is 1. The van der Waals surface area contributed by atoms with Gasteiger partial charge in [0.1, 0.15) is 0 Å². The zero-order valence-electron chi connectivity index (χ0n) is 15.0. The molecule has 2 aromatic heterocycles. The number of carbonyl (C=O) groups excluding carboxylic acids is 1. The second-order valence-electron chi connectivity index (χ2n) is 6.11. The summed E-state index contributed by atoms with van der Waals surface area (Å²) in [4.78, 5) is 22.4. The number of fused-ring (bicyclic) bond motifs is 1. The lowest BCUT2D eigenvalue weighted by Gasteiger charge is -2.20. The number of rotatable bonds is 6. The van der Waals surface area contributed by atoms with Gasteiger partial charge in [-0.1, -0.05) is 23.5 Å². The Kier molecular flexibility index (Phi) is 7.34. The fourth-order valence-corrected chi connectivity index (χ4v) is 4.08. The number of thiazole rings is 1. The van der Waals surface area contributed by atoms with Crippen molar-refractivity contribution in [1.29, 1.82) is 0 Å². The number of likely N-dealkylation sites (N-methyl/N-ethyl adjacent to an activating group) is 1. The molecule has 0 radical (unpaired) electrons. The fourth-order valence-electron chi connectivity index (χ4n) is 2.36. The summed E-state index contributed by atoms with van der Waals surface area (Å²) in [5, 5.41) is 2.76. The molecule has 7 heteroatoms. The van der Waals surface area contributed by atoms with E-state index in [0.29, 0.717) is 6.54 Å². The summed E-state index contributed by atoms with van der Waals surface area (Å²) in [6.45, 7) is 3.46. The minimum absolute atomic E-state index is 0. The largest absolute Gasteiger partial charge is 0.308 e. The van der Waals surface area contributed by atoms with Gasteiger partial charge in [-0.15, -0.1) is 23.7 Å². The van der Waals surface area contributed by atoms with Crippen LogP contribution < -0.4 is 4.90 Å². The van der Waals surface area contributed by atoms with Crippen LogP contribution >= 0.6 is 35.1 Å². The molecule has 0 bridgehead atoms. The van der Waals surface area contributed by atoms with Crippen molar-refractivity contribution in [2.75, 3.05) is 32.1 Å². The maximum absolute atomic E-state index is 12.8. The molecule has 3 rings (SSSR count). The van der Waals surface area contributed by atoms with Crippen LogP contribution in [0.1, 0.15) is 10.4 Å². The van der Waals surface area contributed by atoms with Gasteiger partial charge in [-0.2, -0.15) is 0 Å². The second kappa shape index (κ2) is 9.28. The zero-order chi connectivity index (χ0) is 17.8. The van der Waals surface area contributed by atoms with Crippen LogP contribution in [0, 0.1) is 6.92 Å². The minimum atomic E-state index is -0.0361. The van der Waals surface area contributed by atoms with Crippen LogP contribution in [0.5, 0.6) is 0 Å². The first-order valence-electron chi connectivity index (χ1n) is 8.08. The van der Waals surface area contributed by atoms with Gasteiger partial charge in [-0.25, -0.2) is 4.98 Å². The van der Waals surface area contributed by atoms with Gasteiger partial charge in [0.15, 0.2) is 5.13 Å². The van der Waals surface area contributed by atoms with Crippen molar-refractivity contribution < 1.29 is 4.79 Å². The lowest BCUT2D eigenvalue weighted by Crippen LogP contribution is -2.35. The molecule has 0 aliphatic heterocycles. The monoisotopic (exact) mass is 407 g/mol. The highest BCUT2D eigenvalue weighted by Gasteiger charge is 2.18. The van der Waals surface area contributed by atoms with Crippen molar-refractivity contribution in [3.8, 4) is 0 Å². The van der Waals surface area contributed by atoms with Crippen LogP contribution in [0.4, 0.5) is 5.13 Å². The molecular formula is C19H22ClN3OS2. The van der Waals surface area contributed by atoms with Gasteiger partial charge in [0.05, 0.1) is 10.2 Å². The number of nitrogens with zero attached hydrogens (tertiary/aromatic N) is 3. The third kappa shape index (κ3) is 5.14. The van der Waals surface area contributed by atoms with Crippen LogP contribution in [0.2, 0.25) is 0 Å². The van der Waals surface area contributed by atoms with Gasteiger partial charge < -0.3 is 4.90 Å². The average molecular weight is 408 g/mol. The molecule has 2 heterocycles. The highest BCUT2D eigenvalue weighted by molar-refractivity contribution is 7.22. The first-order valence-corrected chi connectivity index (χ1v) is 9.77. The second-order valence-corrected chi connectivity index (χ2v) is 8.10. The van der Waals surface area contributed by atoms with E-state index in [4.69, 9.17) is 0 Å². The molecule has 0 N–H and O–H groups in total. The van der Waals surface area contributed by atoms with E-state index >= 15 is 0 Å². The molecule has 0 aliphatic carbocycles. The number of hydrogen-bond donors (Lipinski definition) is 0. The summed E-state index contributed by atoms with van der Waals surface area (Å²) in [6.07, 6.45) is 3.51. The fraction of sp³-hybridized carbons (Fsp3) is 0.263. The summed E-state index contributed by atoms with van der Waals surface area (Å²) < 4.78 is 1.11. The minimum Gasteiger partial charge on any atom is -0.308 e. The van der Waals surface area contributed by atoms with E-state index in [1.807, 2.05) is 43.8 Å². The van der Waals surface area contributed by atoms with Crippen LogP contribution in [-0.4, -0.2) is 43.0 Å². The number of aromatic nitrogens is 1. The Bertz CT molecular complexity index is 887. The van der Waals surface area contributed by atoms with Crippen molar-refractivity contribution in [2.45, 2.75) is 6.92 Å². The Morgan fingerprint density at radius 3 is 2.73 bits per heavy atom. The van der Waals surface area contributed by atoms with Crippen molar-refractivity contribution in [1.82, 2.24) is 9.88 Å². The van der Waals surface area contributed by atoms with Gasteiger partial charge >= 0.3 is 0 Å². The molecule has 0 saturated heterocycles. The highest BCUT2D eigenvalue weighted by atomic mass is 35.5. The first kappa shape index (κ1) is 20.6. The standard InChI is InChI=1S/C19H21N3OS2.ClH/c1-14-6-8-16-17(13-14)25-19(20-16)22(11-10-21(2)3)18(23)9-7-15-5-4-12-24-15;/h4-9,12-13H,10-11H2,1-3H3;1H/b9-7+;. The van der Waals surface area contributed by atoms with Gasteiger partial charge in [0.25, 0.3) is 5.91 Å². The summed E-state index contributed by atoms with van der Waals surface area (Å²) in [5.74, 6) is -0.0361. The Morgan fingerprint density at radius 2 is 2.04 bits per heavy atom. The number of thiophene rings is 1. The summed E-state index contributed by atoms with van der Waals surface area (Å²) in [6, 6.07) is 10.2. The van der Waals surface area contributed by atoms with Gasteiger partial charge in [0.2, 0.25) is 0 Å². The molecule has 0 fully saturated rings. The average Bonchev–Trinajstić information content (AvgIpc) is 3.21. The molecule has 26 heavy (non-hydrogen) atoms.